The van der Waals surface area contributed by atoms with Crippen LogP contribution < -0.4 is 10.5 Å². The Morgan fingerprint density at radius 3 is 2.65 bits per heavy atom. The van der Waals surface area contributed by atoms with E-state index in [0.717, 1.165) is 0 Å². The number of rotatable bonds is 4. The van der Waals surface area contributed by atoms with Crippen LogP contribution in [0, 0.1) is 6.92 Å². The van der Waals surface area contributed by atoms with Crippen LogP contribution in [0.15, 0.2) is 35.5 Å². The van der Waals surface area contributed by atoms with Gasteiger partial charge in [-0.05, 0) is 24.6 Å². The van der Waals surface area contributed by atoms with Gasteiger partial charge in [-0.25, -0.2) is 8.42 Å². The molecule has 0 spiro atoms. The van der Waals surface area contributed by atoms with E-state index in [0.29, 0.717) is 16.8 Å². The smallest absolute Gasteiger partial charge is 0.262 e. The first kappa shape index (κ1) is 14.5. The second-order valence-corrected chi connectivity index (χ2v) is 6.44. The SMILES string of the molecule is Cc1cc(C(N)=S)ccc1S(=O)(=O)Nc1cnn(C)c1. The van der Waals surface area contributed by atoms with Crippen LogP contribution >= 0.6 is 12.2 Å². The van der Waals surface area contributed by atoms with Crippen molar-refractivity contribution >= 4 is 32.9 Å². The molecule has 0 bridgehead atoms. The van der Waals surface area contributed by atoms with Gasteiger partial charge in [-0.15, -0.1) is 0 Å². The van der Waals surface area contributed by atoms with E-state index < -0.39 is 10.0 Å². The van der Waals surface area contributed by atoms with E-state index in [1.54, 1.807) is 32.3 Å². The minimum absolute atomic E-state index is 0.182. The van der Waals surface area contributed by atoms with Gasteiger partial charge in [-0.1, -0.05) is 18.3 Å². The molecule has 0 saturated heterocycles. The molecule has 0 unspecified atom stereocenters. The van der Waals surface area contributed by atoms with Gasteiger partial charge in [0.2, 0.25) is 0 Å². The fraction of sp³-hybridized carbons (Fsp3) is 0.167. The average molecular weight is 310 g/mol. The maximum Gasteiger partial charge on any atom is 0.262 e. The van der Waals surface area contributed by atoms with E-state index in [9.17, 15) is 8.42 Å². The molecule has 0 fully saturated rings. The van der Waals surface area contributed by atoms with Crippen LogP contribution in [0.3, 0.4) is 0 Å². The molecule has 6 nitrogen and oxygen atoms in total. The molecule has 0 aliphatic carbocycles. The number of hydrogen-bond donors (Lipinski definition) is 2. The fourth-order valence-electron chi connectivity index (χ4n) is 1.79. The topological polar surface area (TPSA) is 90.0 Å². The monoisotopic (exact) mass is 310 g/mol. The first-order valence-electron chi connectivity index (χ1n) is 5.71. The first-order chi connectivity index (χ1) is 9.29. The molecule has 1 heterocycles. The highest BCUT2D eigenvalue weighted by atomic mass is 32.2. The Hall–Kier alpha value is -1.93. The number of sulfonamides is 1. The van der Waals surface area contributed by atoms with E-state index in [4.69, 9.17) is 18.0 Å². The zero-order valence-corrected chi connectivity index (χ0v) is 12.6. The Kier molecular flexibility index (Phi) is 3.78. The molecule has 106 valence electrons. The fourth-order valence-corrected chi connectivity index (χ4v) is 3.17. The van der Waals surface area contributed by atoms with Gasteiger partial charge in [0.05, 0.1) is 16.8 Å². The summed E-state index contributed by atoms with van der Waals surface area (Å²) in [6, 6.07) is 4.73. The number of benzene rings is 1. The van der Waals surface area contributed by atoms with Crippen molar-refractivity contribution in [1.29, 1.82) is 0 Å². The normalized spacial score (nSPS) is 11.3. The van der Waals surface area contributed by atoms with Gasteiger partial charge in [0.25, 0.3) is 10.0 Å². The van der Waals surface area contributed by atoms with E-state index in [-0.39, 0.29) is 9.88 Å². The highest BCUT2D eigenvalue weighted by Gasteiger charge is 2.18. The summed E-state index contributed by atoms with van der Waals surface area (Å²) in [4.78, 5) is 0.415. The van der Waals surface area contributed by atoms with Crippen molar-refractivity contribution in [3.8, 4) is 0 Å². The maximum atomic E-state index is 12.3. The van der Waals surface area contributed by atoms with Crippen LogP contribution in [0.1, 0.15) is 11.1 Å². The second-order valence-electron chi connectivity index (χ2n) is 4.35. The summed E-state index contributed by atoms with van der Waals surface area (Å²) in [5, 5.41) is 3.91. The van der Waals surface area contributed by atoms with Crippen LogP contribution in [0.5, 0.6) is 0 Å². The third kappa shape index (κ3) is 2.97. The number of aromatic nitrogens is 2. The summed E-state index contributed by atoms with van der Waals surface area (Å²) >= 11 is 4.87. The van der Waals surface area contributed by atoms with Gasteiger partial charge >= 0.3 is 0 Å². The van der Waals surface area contributed by atoms with Crippen LogP contribution in [-0.4, -0.2) is 23.2 Å². The number of nitrogens with one attached hydrogen (secondary N) is 1. The summed E-state index contributed by atoms with van der Waals surface area (Å²) in [6.45, 7) is 1.69. The van der Waals surface area contributed by atoms with E-state index in [2.05, 4.69) is 9.82 Å². The second kappa shape index (κ2) is 5.22. The van der Waals surface area contributed by atoms with Crippen LogP contribution in [0.2, 0.25) is 0 Å². The molecule has 8 heteroatoms. The summed E-state index contributed by atoms with van der Waals surface area (Å²) in [5.41, 5.74) is 7.14. The lowest BCUT2D eigenvalue weighted by Crippen LogP contribution is -2.15. The predicted molar refractivity (Wildman–Crippen MR) is 81.1 cm³/mol. The molecule has 1 aromatic carbocycles. The lowest BCUT2D eigenvalue weighted by Gasteiger charge is -2.10. The Labute approximate surface area is 122 Å². The third-order valence-electron chi connectivity index (χ3n) is 2.71. The number of hydrogen-bond acceptors (Lipinski definition) is 4. The Balaban J connectivity index is 2.37. The van der Waals surface area contributed by atoms with Crippen molar-refractivity contribution in [2.24, 2.45) is 12.8 Å². The van der Waals surface area contributed by atoms with E-state index in [1.807, 2.05) is 0 Å². The quantitative estimate of drug-likeness (QED) is 0.827. The van der Waals surface area contributed by atoms with Gasteiger partial charge in [-0.3, -0.25) is 9.40 Å². The highest BCUT2D eigenvalue weighted by molar-refractivity contribution is 7.92. The third-order valence-corrected chi connectivity index (χ3v) is 4.48. The molecule has 0 atom stereocenters. The van der Waals surface area contributed by atoms with E-state index >= 15 is 0 Å². The van der Waals surface area contributed by atoms with Crippen molar-refractivity contribution in [3.05, 3.63) is 41.7 Å². The standard InChI is InChI=1S/C12H14N4O2S2/c1-8-5-9(12(13)19)3-4-11(8)20(17,18)15-10-6-14-16(2)7-10/h3-7,15H,1-2H3,(H2,13,19). The summed E-state index contributed by atoms with van der Waals surface area (Å²) < 4.78 is 28.6. The van der Waals surface area contributed by atoms with Crippen molar-refractivity contribution in [2.75, 3.05) is 4.72 Å². The van der Waals surface area contributed by atoms with Gasteiger partial charge in [0, 0.05) is 18.8 Å². The van der Waals surface area contributed by atoms with Gasteiger partial charge in [-0.2, -0.15) is 5.10 Å². The summed E-state index contributed by atoms with van der Waals surface area (Å²) in [6.07, 6.45) is 3.02. The number of nitrogens with zero attached hydrogens (tertiary/aromatic N) is 2. The zero-order chi connectivity index (χ0) is 14.9. The maximum absolute atomic E-state index is 12.3. The minimum atomic E-state index is -3.66. The molecular formula is C12H14N4O2S2. The van der Waals surface area contributed by atoms with E-state index in [1.165, 1.54) is 16.9 Å². The Morgan fingerprint density at radius 1 is 1.45 bits per heavy atom. The number of thiocarbonyl (C=S) groups is 1. The molecule has 0 aliphatic heterocycles. The van der Waals surface area contributed by atoms with Crippen molar-refractivity contribution in [1.82, 2.24) is 9.78 Å². The molecule has 2 rings (SSSR count). The molecular weight excluding hydrogens is 296 g/mol. The molecule has 1 aromatic heterocycles. The van der Waals surface area contributed by atoms with Crippen LogP contribution in [-0.2, 0) is 17.1 Å². The van der Waals surface area contributed by atoms with Gasteiger partial charge < -0.3 is 5.73 Å². The van der Waals surface area contributed by atoms with Crippen molar-refractivity contribution in [2.45, 2.75) is 11.8 Å². The summed E-state index contributed by atoms with van der Waals surface area (Å²) in [5.74, 6) is 0. The average Bonchev–Trinajstić information content (AvgIpc) is 2.73. The molecule has 20 heavy (non-hydrogen) atoms. The Bertz CT molecular complexity index is 766. The first-order valence-corrected chi connectivity index (χ1v) is 7.60. The van der Waals surface area contributed by atoms with Gasteiger partial charge in [0.15, 0.2) is 0 Å². The molecule has 0 radical (unpaired) electrons. The minimum Gasteiger partial charge on any atom is -0.389 e. The van der Waals surface area contributed by atoms with Gasteiger partial charge in [0.1, 0.15) is 4.99 Å². The number of anilines is 1. The lowest BCUT2D eigenvalue weighted by molar-refractivity contribution is 0.600. The van der Waals surface area contributed by atoms with Crippen molar-refractivity contribution in [3.63, 3.8) is 0 Å². The molecule has 0 amide bonds. The van der Waals surface area contributed by atoms with Crippen LogP contribution in [0.25, 0.3) is 0 Å². The Morgan fingerprint density at radius 2 is 2.15 bits per heavy atom. The molecule has 2 aromatic rings. The van der Waals surface area contributed by atoms with Crippen LogP contribution in [0.4, 0.5) is 5.69 Å². The number of nitrogens with two attached hydrogens (primary N) is 1. The molecule has 3 N–H and O–H groups in total. The molecule has 0 saturated carbocycles. The predicted octanol–water partition coefficient (Wildman–Crippen LogP) is 1.16. The summed E-state index contributed by atoms with van der Waals surface area (Å²) in [7, 11) is -1.95. The molecule has 0 aliphatic rings. The largest absolute Gasteiger partial charge is 0.389 e. The highest BCUT2D eigenvalue weighted by Crippen LogP contribution is 2.20. The lowest BCUT2D eigenvalue weighted by atomic mass is 10.1. The van der Waals surface area contributed by atoms with Crippen molar-refractivity contribution < 1.29 is 8.42 Å². The number of aryl methyl sites for hydroxylation is 2. The zero-order valence-electron chi connectivity index (χ0n) is 11.0.